The number of aromatic nitrogens is 1. The highest BCUT2D eigenvalue weighted by Gasteiger charge is 2.10. The Morgan fingerprint density at radius 2 is 1.83 bits per heavy atom. The van der Waals surface area contributed by atoms with E-state index in [1.54, 1.807) is 0 Å². The molecule has 0 atom stereocenters. The van der Waals surface area contributed by atoms with Crippen LogP contribution >= 0.6 is 0 Å². The lowest BCUT2D eigenvalue weighted by atomic mass is 10.0. The normalized spacial score (nSPS) is 10.7. The van der Waals surface area contributed by atoms with E-state index < -0.39 is 12.2 Å². The molecule has 0 saturated carbocycles. The van der Waals surface area contributed by atoms with Crippen LogP contribution in [0.1, 0.15) is 22.5 Å². The van der Waals surface area contributed by atoms with Gasteiger partial charge >= 0.3 is 0 Å². The summed E-state index contributed by atoms with van der Waals surface area (Å²) in [6, 6.07) is 6.63. The molecule has 2 rings (SSSR count). The summed E-state index contributed by atoms with van der Waals surface area (Å²) in [5, 5.41) is 0. The van der Waals surface area contributed by atoms with Crippen molar-refractivity contribution in [2.45, 2.75) is 6.43 Å². The first-order chi connectivity index (χ1) is 8.61. The molecule has 1 aromatic heterocycles. The van der Waals surface area contributed by atoms with Crippen LogP contribution in [-0.2, 0) is 0 Å². The largest absolute Gasteiger partial charge is 0.298 e. The molecular weight excluding hydrogens is 243 g/mol. The van der Waals surface area contributed by atoms with Crippen molar-refractivity contribution in [1.82, 2.24) is 4.98 Å². The topological polar surface area (TPSA) is 30.0 Å². The fourth-order valence-electron chi connectivity index (χ4n) is 1.55. The van der Waals surface area contributed by atoms with Crippen LogP contribution in [0.5, 0.6) is 0 Å². The van der Waals surface area contributed by atoms with Crippen LogP contribution in [0.2, 0.25) is 0 Å². The third-order valence-corrected chi connectivity index (χ3v) is 2.47. The van der Waals surface area contributed by atoms with E-state index in [-0.39, 0.29) is 11.3 Å². The summed E-state index contributed by atoms with van der Waals surface area (Å²) in [5.74, 6) is -0.682. The van der Waals surface area contributed by atoms with Crippen LogP contribution in [0.4, 0.5) is 13.2 Å². The number of hydrogen-bond donors (Lipinski definition) is 0. The molecule has 5 heteroatoms. The summed E-state index contributed by atoms with van der Waals surface area (Å²) in [6.45, 7) is 0. The average molecular weight is 251 g/mol. The second kappa shape index (κ2) is 5.00. The number of benzene rings is 1. The lowest BCUT2D eigenvalue weighted by Gasteiger charge is -2.05. The Kier molecular flexibility index (Phi) is 3.41. The second-order valence-electron chi connectivity index (χ2n) is 3.62. The summed E-state index contributed by atoms with van der Waals surface area (Å²) >= 11 is 0. The maximum atomic E-state index is 13.4. The van der Waals surface area contributed by atoms with Crippen LogP contribution in [-0.4, -0.2) is 11.3 Å². The molecule has 0 aliphatic carbocycles. The standard InChI is InChI=1S/C13H8F3NO/c14-11-5-8(1-2-10(11)7-18)9-3-4-17-12(6-9)13(15)16/h1-7,13H. The quantitative estimate of drug-likeness (QED) is 0.779. The smallest absolute Gasteiger partial charge is 0.280 e. The van der Waals surface area contributed by atoms with E-state index >= 15 is 0 Å². The Hall–Kier alpha value is -2.17. The minimum atomic E-state index is -2.68. The van der Waals surface area contributed by atoms with Gasteiger partial charge < -0.3 is 0 Å². The third-order valence-electron chi connectivity index (χ3n) is 2.47. The number of alkyl halides is 2. The monoisotopic (exact) mass is 251 g/mol. The fourth-order valence-corrected chi connectivity index (χ4v) is 1.55. The number of rotatable bonds is 3. The van der Waals surface area contributed by atoms with Crippen molar-refractivity contribution in [3.63, 3.8) is 0 Å². The van der Waals surface area contributed by atoms with Crippen molar-refractivity contribution in [2.24, 2.45) is 0 Å². The Labute approximate surface area is 101 Å². The Morgan fingerprint density at radius 1 is 1.11 bits per heavy atom. The average Bonchev–Trinajstić information content (AvgIpc) is 2.38. The Balaban J connectivity index is 2.45. The SMILES string of the molecule is O=Cc1ccc(-c2ccnc(C(F)F)c2)cc1F. The van der Waals surface area contributed by atoms with E-state index in [4.69, 9.17) is 0 Å². The van der Waals surface area contributed by atoms with Gasteiger partial charge in [-0.15, -0.1) is 0 Å². The van der Waals surface area contributed by atoms with Gasteiger partial charge in [0.25, 0.3) is 6.43 Å². The van der Waals surface area contributed by atoms with Gasteiger partial charge in [0.05, 0.1) is 5.56 Å². The molecule has 0 radical (unpaired) electrons. The van der Waals surface area contributed by atoms with Crippen molar-refractivity contribution in [3.05, 3.63) is 53.6 Å². The first kappa shape index (κ1) is 12.3. The molecule has 18 heavy (non-hydrogen) atoms. The summed E-state index contributed by atoms with van der Waals surface area (Å²) in [5.41, 5.74) is 0.410. The zero-order valence-corrected chi connectivity index (χ0v) is 9.11. The van der Waals surface area contributed by atoms with E-state index in [0.717, 1.165) is 6.07 Å². The molecule has 2 aromatic rings. The molecule has 1 aromatic carbocycles. The van der Waals surface area contributed by atoms with Crippen molar-refractivity contribution in [3.8, 4) is 11.1 Å². The highest BCUT2D eigenvalue weighted by Crippen LogP contribution is 2.25. The number of halogens is 3. The summed E-state index contributed by atoms with van der Waals surface area (Å²) in [7, 11) is 0. The molecule has 0 spiro atoms. The molecule has 0 amide bonds. The molecule has 0 aliphatic rings. The minimum absolute atomic E-state index is 0.0677. The lowest BCUT2D eigenvalue weighted by Crippen LogP contribution is -1.92. The van der Waals surface area contributed by atoms with Crippen LogP contribution in [0.3, 0.4) is 0 Å². The molecule has 0 saturated heterocycles. The van der Waals surface area contributed by atoms with E-state index in [0.29, 0.717) is 17.4 Å². The van der Waals surface area contributed by atoms with Crippen molar-refractivity contribution < 1.29 is 18.0 Å². The van der Waals surface area contributed by atoms with Gasteiger partial charge in [-0.1, -0.05) is 6.07 Å². The van der Waals surface area contributed by atoms with Gasteiger partial charge in [-0.2, -0.15) is 0 Å². The van der Waals surface area contributed by atoms with Crippen LogP contribution < -0.4 is 0 Å². The number of carbonyl (C=O) groups is 1. The summed E-state index contributed by atoms with van der Waals surface area (Å²) < 4.78 is 38.4. The fraction of sp³-hybridized carbons (Fsp3) is 0.0769. The third kappa shape index (κ3) is 2.40. The van der Waals surface area contributed by atoms with E-state index in [1.807, 2.05) is 0 Å². The molecule has 0 N–H and O–H groups in total. The molecule has 0 unspecified atom stereocenters. The van der Waals surface area contributed by atoms with Gasteiger partial charge in [0.15, 0.2) is 6.29 Å². The zero-order chi connectivity index (χ0) is 13.1. The summed E-state index contributed by atoms with van der Waals surface area (Å²) in [4.78, 5) is 14.0. The summed E-state index contributed by atoms with van der Waals surface area (Å²) in [6.07, 6.45) is -1.04. The first-order valence-electron chi connectivity index (χ1n) is 5.11. The highest BCUT2D eigenvalue weighted by atomic mass is 19.3. The molecule has 0 fully saturated rings. The van der Waals surface area contributed by atoms with Gasteiger partial charge in [0, 0.05) is 6.20 Å². The number of aldehydes is 1. The molecule has 2 nitrogen and oxygen atoms in total. The van der Waals surface area contributed by atoms with Gasteiger partial charge in [0.1, 0.15) is 11.5 Å². The van der Waals surface area contributed by atoms with Gasteiger partial charge in [-0.25, -0.2) is 13.2 Å². The Bertz CT molecular complexity index is 584. The minimum Gasteiger partial charge on any atom is -0.298 e. The van der Waals surface area contributed by atoms with Gasteiger partial charge in [-0.3, -0.25) is 9.78 Å². The van der Waals surface area contributed by atoms with Crippen molar-refractivity contribution in [1.29, 1.82) is 0 Å². The Morgan fingerprint density at radius 3 is 2.44 bits per heavy atom. The maximum Gasteiger partial charge on any atom is 0.280 e. The predicted molar refractivity (Wildman–Crippen MR) is 60.0 cm³/mol. The number of carbonyl (C=O) groups excluding carboxylic acids is 1. The van der Waals surface area contributed by atoms with Gasteiger partial charge in [0.2, 0.25) is 0 Å². The van der Waals surface area contributed by atoms with E-state index in [1.165, 1.54) is 30.5 Å². The first-order valence-corrected chi connectivity index (χ1v) is 5.11. The van der Waals surface area contributed by atoms with Crippen LogP contribution in [0.25, 0.3) is 11.1 Å². The number of pyridine rings is 1. The molecule has 92 valence electrons. The van der Waals surface area contributed by atoms with E-state index in [9.17, 15) is 18.0 Å². The predicted octanol–water partition coefficient (Wildman–Crippen LogP) is 3.64. The van der Waals surface area contributed by atoms with E-state index in [2.05, 4.69) is 4.98 Å². The highest BCUT2D eigenvalue weighted by molar-refractivity contribution is 5.77. The molecule has 1 heterocycles. The number of nitrogens with zero attached hydrogens (tertiary/aromatic N) is 1. The second-order valence-corrected chi connectivity index (χ2v) is 3.62. The van der Waals surface area contributed by atoms with Crippen molar-refractivity contribution in [2.75, 3.05) is 0 Å². The lowest BCUT2D eigenvalue weighted by molar-refractivity contribution is 0.112. The van der Waals surface area contributed by atoms with Gasteiger partial charge in [-0.05, 0) is 35.4 Å². The maximum absolute atomic E-state index is 13.4. The van der Waals surface area contributed by atoms with Crippen LogP contribution in [0.15, 0.2) is 36.5 Å². The molecule has 0 bridgehead atoms. The molecule has 0 aliphatic heterocycles. The molecular formula is C13H8F3NO. The zero-order valence-electron chi connectivity index (χ0n) is 9.11. The van der Waals surface area contributed by atoms with Crippen LogP contribution in [0, 0.1) is 5.82 Å². The van der Waals surface area contributed by atoms with Crippen molar-refractivity contribution >= 4 is 6.29 Å². The number of hydrogen-bond acceptors (Lipinski definition) is 2.